The molecule has 0 spiro atoms. The number of hydrogen-bond donors (Lipinski definition) is 3. The van der Waals surface area contributed by atoms with E-state index in [0.717, 1.165) is 43.3 Å². The van der Waals surface area contributed by atoms with E-state index in [1.165, 1.54) is 0 Å². The van der Waals surface area contributed by atoms with Crippen molar-refractivity contribution >= 4 is 41.7 Å². The van der Waals surface area contributed by atoms with Crippen molar-refractivity contribution in [3.8, 4) is 5.75 Å². The average molecular weight is 524 g/mol. The van der Waals surface area contributed by atoms with Gasteiger partial charge >= 0.3 is 0 Å². The summed E-state index contributed by atoms with van der Waals surface area (Å²) < 4.78 is 5.35. The van der Waals surface area contributed by atoms with Crippen molar-refractivity contribution in [2.45, 2.75) is 25.4 Å². The number of nitrogens with zero attached hydrogens (tertiary/aromatic N) is 3. The number of anilines is 1. The Hall–Kier alpha value is -2.56. The summed E-state index contributed by atoms with van der Waals surface area (Å²) in [5.74, 6) is 1.93. The molecule has 0 bridgehead atoms. The van der Waals surface area contributed by atoms with Crippen molar-refractivity contribution in [3.05, 3.63) is 54.2 Å². The molecule has 0 atom stereocenters. The molecule has 1 saturated heterocycles. The smallest absolute Gasteiger partial charge is 0.255 e. The van der Waals surface area contributed by atoms with Gasteiger partial charge in [-0.05, 0) is 42.7 Å². The highest BCUT2D eigenvalue weighted by molar-refractivity contribution is 14.0. The number of ether oxygens (including phenoxy) is 1. The Morgan fingerprint density at radius 2 is 2.07 bits per heavy atom. The first-order valence-corrected chi connectivity index (χ1v) is 9.77. The van der Waals surface area contributed by atoms with Crippen LogP contribution in [0.4, 0.5) is 5.82 Å². The Balaban J connectivity index is 0.00000320. The Kier molecular flexibility index (Phi) is 9.65. The van der Waals surface area contributed by atoms with E-state index in [9.17, 15) is 4.79 Å². The molecular formula is C21H29IN6O2. The first kappa shape index (κ1) is 23.7. The average Bonchev–Trinajstić information content (AvgIpc) is 2.76. The van der Waals surface area contributed by atoms with Crippen LogP contribution >= 0.6 is 24.0 Å². The van der Waals surface area contributed by atoms with Crippen LogP contribution in [0.25, 0.3) is 0 Å². The minimum atomic E-state index is -0.493. The van der Waals surface area contributed by atoms with Gasteiger partial charge in [0.25, 0.3) is 5.91 Å². The van der Waals surface area contributed by atoms with Gasteiger partial charge in [0.1, 0.15) is 11.6 Å². The van der Waals surface area contributed by atoms with Crippen molar-refractivity contribution in [2.75, 3.05) is 31.6 Å². The minimum absolute atomic E-state index is 0. The number of carbonyl (C=O) groups is 1. The first-order valence-electron chi connectivity index (χ1n) is 9.77. The fraction of sp³-hybridized carbons (Fsp3) is 0.381. The van der Waals surface area contributed by atoms with Crippen LogP contribution in [0, 0.1) is 0 Å². The van der Waals surface area contributed by atoms with Gasteiger partial charge in [0.15, 0.2) is 12.6 Å². The van der Waals surface area contributed by atoms with Gasteiger partial charge in [0.05, 0.1) is 0 Å². The number of halogens is 1. The third-order valence-corrected chi connectivity index (χ3v) is 4.77. The molecule has 1 amide bonds. The quantitative estimate of drug-likeness (QED) is 0.291. The van der Waals surface area contributed by atoms with E-state index in [1.807, 2.05) is 36.5 Å². The van der Waals surface area contributed by atoms with Crippen molar-refractivity contribution in [3.63, 3.8) is 0 Å². The maximum absolute atomic E-state index is 10.9. The van der Waals surface area contributed by atoms with Crippen molar-refractivity contribution in [2.24, 2.45) is 10.7 Å². The van der Waals surface area contributed by atoms with Crippen LogP contribution in [-0.2, 0) is 11.3 Å². The highest BCUT2D eigenvalue weighted by Crippen LogP contribution is 2.17. The minimum Gasteiger partial charge on any atom is -0.484 e. The molecule has 9 heteroatoms. The number of nitrogens with one attached hydrogen (secondary N) is 2. The van der Waals surface area contributed by atoms with Gasteiger partial charge in [0.2, 0.25) is 0 Å². The number of benzene rings is 1. The zero-order valence-corrected chi connectivity index (χ0v) is 19.4. The molecule has 1 fully saturated rings. The molecule has 162 valence electrons. The number of rotatable bonds is 7. The van der Waals surface area contributed by atoms with Gasteiger partial charge in [-0.1, -0.05) is 18.2 Å². The molecule has 3 rings (SSSR count). The van der Waals surface area contributed by atoms with Crippen LogP contribution < -0.4 is 26.0 Å². The van der Waals surface area contributed by atoms with Gasteiger partial charge < -0.3 is 26.0 Å². The van der Waals surface area contributed by atoms with Crippen LogP contribution in [0.5, 0.6) is 5.75 Å². The molecule has 8 nitrogen and oxygen atoms in total. The van der Waals surface area contributed by atoms with Crippen LogP contribution in [0.2, 0.25) is 0 Å². The first-order chi connectivity index (χ1) is 14.1. The van der Waals surface area contributed by atoms with Crippen LogP contribution in [0.3, 0.4) is 0 Å². The Bertz CT molecular complexity index is 825. The fourth-order valence-electron chi connectivity index (χ4n) is 3.27. The summed E-state index contributed by atoms with van der Waals surface area (Å²) in [6, 6.07) is 13.9. The van der Waals surface area contributed by atoms with Gasteiger partial charge in [-0.2, -0.15) is 0 Å². The van der Waals surface area contributed by atoms with Crippen molar-refractivity contribution in [1.82, 2.24) is 15.6 Å². The number of carbonyl (C=O) groups excluding carboxylic acids is 1. The molecule has 0 aliphatic carbocycles. The van der Waals surface area contributed by atoms with Crippen LogP contribution in [0.1, 0.15) is 18.4 Å². The Labute approximate surface area is 194 Å². The summed E-state index contributed by atoms with van der Waals surface area (Å²) in [4.78, 5) is 21.9. The molecule has 4 N–H and O–H groups in total. The van der Waals surface area contributed by atoms with Crippen LogP contribution in [-0.4, -0.2) is 49.6 Å². The zero-order valence-electron chi connectivity index (χ0n) is 17.1. The number of pyridine rings is 1. The predicted molar refractivity (Wildman–Crippen MR) is 129 cm³/mol. The second-order valence-electron chi connectivity index (χ2n) is 6.92. The lowest BCUT2D eigenvalue weighted by Crippen LogP contribution is -2.48. The Morgan fingerprint density at radius 3 is 2.73 bits per heavy atom. The largest absolute Gasteiger partial charge is 0.484 e. The Morgan fingerprint density at radius 1 is 1.27 bits per heavy atom. The normalized spacial score (nSPS) is 14.6. The monoisotopic (exact) mass is 524 g/mol. The number of guanidine groups is 1. The number of nitrogens with two attached hydrogens (primary N) is 1. The van der Waals surface area contributed by atoms with E-state index in [0.29, 0.717) is 18.3 Å². The zero-order chi connectivity index (χ0) is 20.5. The van der Waals surface area contributed by atoms with Gasteiger partial charge in [-0.25, -0.2) is 4.98 Å². The maximum atomic E-state index is 10.9. The summed E-state index contributed by atoms with van der Waals surface area (Å²) in [6.45, 7) is 2.40. The number of aliphatic imine (C=N–C) groups is 1. The van der Waals surface area contributed by atoms with E-state index >= 15 is 0 Å². The van der Waals surface area contributed by atoms with E-state index in [2.05, 4.69) is 31.6 Å². The van der Waals surface area contributed by atoms with Gasteiger partial charge in [-0.15, -0.1) is 24.0 Å². The summed E-state index contributed by atoms with van der Waals surface area (Å²) in [5, 5.41) is 6.84. The second kappa shape index (κ2) is 12.2. The molecule has 2 aromatic rings. The lowest BCUT2D eigenvalue weighted by molar-refractivity contribution is -0.119. The predicted octanol–water partition coefficient (Wildman–Crippen LogP) is 1.90. The molecule has 1 aliphatic rings. The molecule has 1 aliphatic heterocycles. The maximum Gasteiger partial charge on any atom is 0.255 e. The molecule has 1 aromatic carbocycles. The van der Waals surface area contributed by atoms with Crippen LogP contribution in [0.15, 0.2) is 53.7 Å². The van der Waals surface area contributed by atoms with E-state index in [4.69, 9.17) is 10.5 Å². The third-order valence-electron chi connectivity index (χ3n) is 4.77. The highest BCUT2D eigenvalue weighted by Gasteiger charge is 2.20. The molecule has 30 heavy (non-hydrogen) atoms. The topological polar surface area (TPSA) is 105 Å². The molecule has 1 aromatic heterocycles. The van der Waals surface area contributed by atoms with E-state index < -0.39 is 5.91 Å². The lowest BCUT2D eigenvalue weighted by atomic mass is 10.1. The SMILES string of the molecule is CN=C(NCc1cccc(OCC(N)=O)c1)NC1CCN(c2ccccn2)CC1.I. The molecule has 2 heterocycles. The van der Waals surface area contributed by atoms with Crippen molar-refractivity contribution in [1.29, 1.82) is 0 Å². The van der Waals surface area contributed by atoms with Gasteiger partial charge in [0, 0.05) is 38.9 Å². The summed E-state index contributed by atoms with van der Waals surface area (Å²) >= 11 is 0. The summed E-state index contributed by atoms with van der Waals surface area (Å²) in [5.41, 5.74) is 6.15. The van der Waals surface area contributed by atoms with Gasteiger partial charge in [-0.3, -0.25) is 9.79 Å². The molecular weight excluding hydrogens is 495 g/mol. The number of aromatic nitrogens is 1. The number of hydrogen-bond acceptors (Lipinski definition) is 5. The number of amides is 1. The van der Waals surface area contributed by atoms with E-state index in [-0.39, 0.29) is 30.6 Å². The third kappa shape index (κ3) is 7.36. The summed E-state index contributed by atoms with van der Waals surface area (Å²) in [7, 11) is 1.77. The number of piperidine rings is 1. The lowest BCUT2D eigenvalue weighted by Gasteiger charge is -2.33. The molecule has 0 saturated carbocycles. The molecule has 0 radical (unpaired) electrons. The van der Waals surface area contributed by atoms with Crippen molar-refractivity contribution < 1.29 is 9.53 Å². The summed E-state index contributed by atoms with van der Waals surface area (Å²) in [6.07, 6.45) is 3.88. The highest BCUT2D eigenvalue weighted by atomic mass is 127. The fourth-order valence-corrected chi connectivity index (χ4v) is 3.27. The standard InChI is InChI=1S/C21H28N6O2.HI/c1-23-21(25-14-16-5-4-6-18(13-16)29-15-19(22)28)26-17-8-11-27(12-9-17)20-7-2-3-10-24-20;/h2-7,10,13,17H,8-9,11-12,14-15H2,1H3,(H2,22,28)(H2,23,25,26);1H. The molecule has 0 unspecified atom stereocenters. The second-order valence-corrected chi connectivity index (χ2v) is 6.92. The van der Waals surface area contributed by atoms with E-state index in [1.54, 1.807) is 13.1 Å². The number of primary amides is 1.